The molecule has 2 aliphatic heterocycles. The highest BCUT2D eigenvalue weighted by molar-refractivity contribution is 7.90. The molecule has 15 nitrogen and oxygen atoms in total. The monoisotopic (exact) mass is 959 g/mol. The second-order valence-corrected chi connectivity index (χ2v) is 22.2. The number of nitro benzene ring substituents is 1. The number of amides is 1. The van der Waals surface area contributed by atoms with Crippen LogP contribution in [0.3, 0.4) is 0 Å². The topological polar surface area (TPSA) is 197 Å². The molecular formula is C47H51ClFN7O8S2. The van der Waals surface area contributed by atoms with Gasteiger partial charge >= 0.3 is 0 Å². The number of pyridine rings is 1. The van der Waals surface area contributed by atoms with Gasteiger partial charge in [0.1, 0.15) is 28.5 Å². The van der Waals surface area contributed by atoms with Crippen molar-refractivity contribution in [2.24, 2.45) is 5.41 Å². The SMILES string of the molecule is CC1(C)CCC(CN2CC=C(c3ccc(C(=O)NS(=O)(=O)c4ccc(NCC5(F)CCN(S(C)(=O)=O)CC5)c([N+](=O)[O-])c4)c(Oc4cnc5[nH]ccc5c4)c3)CC2)=C(c2ccc(Cl)cc2)C1. The Labute approximate surface area is 388 Å². The molecule has 0 atom stereocenters. The summed E-state index contributed by atoms with van der Waals surface area (Å²) in [6.07, 6.45) is 9.97. The first-order valence-electron chi connectivity index (χ1n) is 21.6. The Hall–Kier alpha value is -5.66. The number of H-pyrrole nitrogens is 1. The maximum absolute atomic E-state index is 15.6. The number of piperidine rings is 1. The van der Waals surface area contributed by atoms with Crippen LogP contribution >= 0.6 is 11.6 Å². The quantitative estimate of drug-likeness (QED) is 0.0710. The molecule has 3 N–H and O–H groups in total. The number of aromatic amines is 1. The van der Waals surface area contributed by atoms with Gasteiger partial charge in [0.2, 0.25) is 10.0 Å². The van der Waals surface area contributed by atoms with Crippen LogP contribution < -0.4 is 14.8 Å². The third kappa shape index (κ3) is 10.8. The predicted molar refractivity (Wildman–Crippen MR) is 253 cm³/mol. The maximum atomic E-state index is 15.6. The van der Waals surface area contributed by atoms with E-state index < -0.39 is 47.1 Å². The number of nitro groups is 1. The molecule has 3 aliphatic rings. The third-order valence-corrected chi connectivity index (χ3v) is 15.6. The Morgan fingerprint density at radius 2 is 1.71 bits per heavy atom. The van der Waals surface area contributed by atoms with E-state index in [1.54, 1.807) is 24.4 Å². The second kappa shape index (κ2) is 18.6. The van der Waals surface area contributed by atoms with Crippen molar-refractivity contribution in [2.75, 3.05) is 50.8 Å². The summed E-state index contributed by atoms with van der Waals surface area (Å²) in [5.41, 5.74) is 3.86. The van der Waals surface area contributed by atoms with E-state index in [4.69, 9.17) is 16.3 Å². The van der Waals surface area contributed by atoms with Crippen LogP contribution in [0.1, 0.15) is 73.9 Å². The fourth-order valence-electron chi connectivity index (χ4n) is 8.81. The molecule has 0 radical (unpaired) electrons. The Bertz CT molecular complexity index is 2980. The molecule has 0 saturated carbocycles. The number of hydrogen-bond donors (Lipinski definition) is 3. The lowest BCUT2D eigenvalue weighted by atomic mass is 9.72. The number of hydrogen-bond acceptors (Lipinski definition) is 11. The summed E-state index contributed by atoms with van der Waals surface area (Å²) in [6, 6.07) is 19.5. The third-order valence-electron chi connectivity index (χ3n) is 12.7. The molecule has 5 aromatic rings. The van der Waals surface area contributed by atoms with E-state index in [0.717, 1.165) is 73.3 Å². The summed E-state index contributed by atoms with van der Waals surface area (Å²) < 4.78 is 76.4. The molecule has 1 saturated heterocycles. The molecule has 66 heavy (non-hydrogen) atoms. The van der Waals surface area contributed by atoms with Crippen molar-refractivity contribution >= 4 is 71.1 Å². The molecule has 1 aliphatic carbocycles. The second-order valence-electron chi connectivity index (χ2n) is 18.1. The number of sulfonamides is 2. The van der Waals surface area contributed by atoms with Gasteiger partial charge < -0.3 is 15.0 Å². The number of benzene rings is 3. The van der Waals surface area contributed by atoms with E-state index in [-0.39, 0.29) is 54.9 Å². The van der Waals surface area contributed by atoms with Crippen LogP contribution in [-0.4, -0.2) is 98.0 Å². The summed E-state index contributed by atoms with van der Waals surface area (Å²) in [4.78, 5) is 34.6. The van der Waals surface area contributed by atoms with Gasteiger partial charge in [-0.05, 0) is 115 Å². The van der Waals surface area contributed by atoms with Gasteiger partial charge in [0.15, 0.2) is 0 Å². The van der Waals surface area contributed by atoms with E-state index in [9.17, 15) is 31.7 Å². The first-order chi connectivity index (χ1) is 31.2. The van der Waals surface area contributed by atoms with Crippen LogP contribution in [-0.2, 0) is 20.0 Å². The zero-order valence-corrected chi connectivity index (χ0v) is 39.2. The van der Waals surface area contributed by atoms with Crippen molar-refractivity contribution in [2.45, 2.75) is 62.9 Å². The van der Waals surface area contributed by atoms with Crippen LogP contribution in [0.25, 0.3) is 22.2 Å². The van der Waals surface area contributed by atoms with Crippen LogP contribution in [0.5, 0.6) is 11.5 Å². The minimum atomic E-state index is -4.71. The Balaban J connectivity index is 1.01. The van der Waals surface area contributed by atoms with Gasteiger partial charge in [-0.15, -0.1) is 0 Å². The van der Waals surface area contributed by atoms with Crippen LogP contribution in [0.2, 0.25) is 5.02 Å². The Morgan fingerprint density at radius 3 is 2.41 bits per heavy atom. The predicted octanol–water partition coefficient (Wildman–Crippen LogP) is 8.96. The van der Waals surface area contributed by atoms with E-state index in [0.29, 0.717) is 29.4 Å². The molecule has 0 spiro atoms. The number of fused-ring (bicyclic) bond motifs is 1. The minimum absolute atomic E-state index is 0.0492. The maximum Gasteiger partial charge on any atom is 0.293 e. The van der Waals surface area contributed by atoms with Gasteiger partial charge in [-0.3, -0.25) is 19.8 Å². The molecule has 3 aromatic carbocycles. The van der Waals surface area contributed by atoms with Gasteiger partial charge in [0.05, 0.1) is 27.8 Å². The van der Waals surface area contributed by atoms with Crippen LogP contribution in [0, 0.1) is 15.5 Å². The largest absolute Gasteiger partial charge is 0.455 e. The van der Waals surface area contributed by atoms with Gasteiger partial charge in [-0.25, -0.2) is 35.2 Å². The first-order valence-corrected chi connectivity index (χ1v) is 25.3. The molecule has 19 heteroatoms. The summed E-state index contributed by atoms with van der Waals surface area (Å²) in [5, 5.41) is 16.3. The smallest absolute Gasteiger partial charge is 0.293 e. The van der Waals surface area contributed by atoms with E-state index in [1.807, 2.05) is 22.9 Å². The van der Waals surface area contributed by atoms with Gasteiger partial charge in [0.25, 0.3) is 21.6 Å². The standard InChI is InChI=1S/C47H51ClFN7O8S2/c1-46(2)16-12-35(40(27-46)32-4-7-36(48)8-5-32)29-54-20-14-31(15-21-54)33-6-10-39(43(25-33)64-37-24-34-13-19-50-44(34)51-28-37)45(57)53-66(62,63)38-9-11-41(42(26-38)56(58)59)52-30-47(49)17-22-55(23-18-47)65(3,60)61/h4-11,13-14,19,24-26,28,52H,12,15-18,20-23,27,29-30H2,1-3H3,(H,50,51)(H,53,57). The van der Waals surface area contributed by atoms with Gasteiger partial charge in [0, 0.05) is 61.9 Å². The molecule has 4 heterocycles. The molecule has 1 amide bonds. The number of anilines is 1. The number of alkyl halides is 1. The molecule has 2 aromatic heterocycles. The van der Waals surface area contributed by atoms with E-state index >= 15 is 4.39 Å². The van der Waals surface area contributed by atoms with Gasteiger partial charge in [-0.1, -0.05) is 55.3 Å². The molecule has 348 valence electrons. The van der Waals surface area contributed by atoms with Crippen molar-refractivity contribution in [3.05, 3.63) is 129 Å². The molecule has 0 unspecified atom stereocenters. The molecule has 1 fully saturated rings. The zero-order chi connectivity index (χ0) is 47.0. The number of nitrogens with one attached hydrogen (secondary N) is 3. The lowest BCUT2D eigenvalue weighted by Gasteiger charge is -2.36. The van der Waals surface area contributed by atoms with Crippen LogP contribution in [0.4, 0.5) is 15.8 Å². The van der Waals surface area contributed by atoms with Crippen molar-refractivity contribution in [1.29, 1.82) is 0 Å². The summed E-state index contributed by atoms with van der Waals surface area (Å²) in [7, 11) is -8.20. The molecule has 0 bridgehead atoms. The number of allylic oxidation sites excluding steroid dienone is 1. The number of ether oxygens (including phenoxy) is 1. The lowest BCUT2D eigenvalue weighted by molar-refractivity contribution is -0.384. The Kier molecular flexibility index (Phi) is 13.2. The minimum Gasteiger partial charge on any atom is -0.455 e. The normalized spacial score (nSPS) is 18.2. The average molecular weight is 961 g/mol. The van der Waals surface area contributed by atoms with E-state index in [2.05, 4.69) is 52.2 Å². The number of carbonyl (C=O) groups is 1. The van der Waals surface area contributed by atoms with Crippen molar-refractivity contribution in [1.82, 2.24) is 23.9 Å². The number of halogens is 2. The lowest BCUT2D eigenvalue weighted by Crippen LogP contribution is -2.47. The molecular weight excluding hydrogens is 909 g/mol. The number of nitrogens with zero attached hydrogens (tertiary/aromatic N) is 4. The highest BCUT2D eigenvalue weighted by Crippen LogP contribution is 2.44. The van der Waals surface area contributed by atoms with Crippen molar-refractivity contribution in [3.63, 3.8) is 0 Å². The fourth-order valence-corrected chi connectivity index (χ4v) is 10.8. The van der Waals surface area contributed by atoms with Gasteiger partial charge in [-0.2, -0.15) is 0 Å². The summed E-state index contributed by atoms with van der Waals surface area (Å²) >= 11 is 6.23. The van der Waals surface area contributed by atoms with Crippen molar-refractivity contribution < 1.29 is 35.7 Å². The van der Waals surface area contributed by atoms with E-state index in [1.165, 1.54) is 33.3 Å². The number of rotatable bonds is 14. The summed E-state index contributed by atoms with van der Waals surface area (Å²) in [6.45, 7) is 6.47. The number of carbonyl (C=O) groups excluding carboxylic acids is 1. The van der Waals surface area contributed by atoms with Crippen LogP contribution in [0.15, 0.2) is 102 Å². The highest BCUT2D eigenvalue weighted by Gasteiger charge is 2.38. The highest BCUT2D eigenvalue weighted by atomic mass is 35.5. The fraction of sp³-hybridized carbons (Fsp3) is 0.362. The first kappa shape index (κ1) is 46.9. The van der Waals surface area contributed by atoms with Crippen molar-refractivity contribution in [3.8, 4) is 11.5 Å². The zero-order valence-electron chi connectivity index (χ0n) is 36.8. The summed E-state index contributed by atoms with van der Waals surface area (Å²) in [5.74, 6) is -0.674. The average Bonchev–Trinajstić information content (AvgIpc) is 3.74. The molecule has 8 rings (SSSR count). The Morgan fingerprint density at radius 1 is 0.970 bits per heavy atom. The number of aromatic nitrogens is 2.